The number of rotatable bonds is 10. The Bertz CT molecular complexity index is 1340. The van der Waals surface area contributed by atoms with Gasteiger partial charge in [0, 0.05) is 23.9 Å². The smallest absolute Gasteiger partial charge is 0.306 e. The van der Waals surface area contributed by atoms with Crippen LogP contribution in [0.15, 0.2) is 12.2 Å². The maximum Gasteiger partial charge on any atom is 0.306 e. The molecule has 10 atom stereocenters. The summed E-state index contributed by atoms with van der Waals surface area (Å²) in [6, 6.07) is 0. The topological polar surface area (TPSA) is 119 Å². The molecular weight excluding hydrogens is 612 g/mol. The van der Waals surface area contributed by atoms with Gasteiger partial charge in [-0.05, 0) is 142 Å². The molecule has 0 heterocycles. The summed E-state index contributed by atoms with van der Waals surface area (Å²) in [4.78, 5) is 38.2. The fourth-order valence-corrected chi connectivity index (χ4v) is 13.6. The highest BCUT2D eigenvalue weighted by Gasteiger charge is 2.71. The number of hydrogen-bond acceptors (Lipinski definition) is 5. The van der Waals surface area contributed by atoms with Crippen LogP contribution in [-0.4, -0.2) is 41.1 Å². The number of amides is 1. The Kier molecular flexibility index (Phi) is 9.90. The van der Waals surface area contributed by atoms with E-state index in [4.69, 9.17) is 10.5 Å². The molecule has 0 aromatic carbocycles. The average Bonchev–Trinajstić information content (AvgIpc) is 3.33. The van der Waals surface area contributed by atoms with Crippen LogP contribution >= 0.6 is 0 Å². The number of carboxylic acid groups (broad SMARTS) is 1. The number of ether oxygens (including phenoxy) is 1. The first-order chi connectivity index (χ1) is 22.5. The summed E-state index contributed by atoms with van der Waals surface area (Å²) in [6.45, 7) is 27.4. The third-order valence-corrected chi connectivity index (χ3v) is 16.2. The highest BCUT2D eigenvalue weighted by atomic mass is 16.5. The van der Waals surface area contributed by atoms with Gasteiger partial charge in [-0.3, -0.25) is 14.4 Å². The van der Waals surface area contributed by atoms with Crippen molar-refractivity contribution in [2.75, 3.05) is 6.54 Å². The molecule has 5 aliphatic carbocycles. The quantitative estimate of drug-likeness (QED) is 0.157. The van der Waals surface area contributed by atoms with E-state index in [0.29, 0.717) is 42.6 Å². The lowest BCUT2D eigenvalue weighted by Gasteiger charge is -2.73. The summed E-state index contributed by atoms with van der Waals surface area (Å²) in [7, 11) is 0. The van der Waals surface area contributed by atoms with Gasteiger partial charge < -0.3 is 20.9 Å². The number of carboxylic acids is 1. The molecule has 1 amide bonds. The number of nitrogens with one attached hydrogen (secondary N) is 1. The van der Waals surface area contributed by atoms with Crippen molar-refractivity contribution in [2.45, 2.75) is 164 Å². The second-order valence-electron chi connectivity index (χ2n) is 20.6. The number of carbonyl (C=O) groups excluding carboxylic acids is 2. The molecule has 5 aliphatic rings. The maximum atomic E-state index is 13.7. The third-order valence-electron chi connectivity index (χ3n) is 16.2. The zero-order chi connectivity index (χ0) is 36.6. The van der Waals surface area contributed by atoms with Crippen molar-refractivity contribution in [3.8, 4) is 0 Å². The summed E-state index contributed by atoms with van der Waals surface area (Å²) in [5.41, 5.74) is 6.66. The van der Waals surface area contributed by atoms with E-state index in [2.05, 4.69) is 53.4 Å². The van der Waals surface area contributed by atoms with Crippen LogP contribution in [0, 0.1) is 62.1 Å². The number of allylic oxidation sites excluding steroid dienone is 1. The number of carbonyl (C=O) groups is 3. The molecule has 5 saturated carbocycles. The molecule has 5 rings (SSSR count). The Morgan fingerprint density at radius 3 is 2.14 bits per heavy atom. The summed E-state index contributed by atoms with van der Waals surface area (Å²) < 4.78 is 6.27. The molecule has 0 aromatic heterocycles. The minimum Gasteiger partial charge on any atom is -0.481 e. The van der Waals surface area contributed by atoms with Crippen molar-refractivity contribution in [3.05, 3.63) is 12.2 Å². The van der Waals surface area contributed by atoms with Gasteiger partial charge in [0.15, 0.2) is 0 Å². The van der Waals surface area contributed by atoms with Gasteiger partial charge in [0.1, 0.15) is 6.10 Å². The Balaban J connectivity index is 1.39. The Hall–Kier alpha value is -1.89. The first-order valence-electron chi connectivity index (χ1n) is 19.5. The van der Waals surface area contributed by atoms with Crippen LogP contribution in [0.2, 0.25) is 0 Å². The van der Waals surface area contributed by atoms with Gasteiger partial charge in [-0.15, -0.1) is 0 Å². The Morgan fingerprint density at radius 2 is 1.53 bits per heavy atom. The van der Waals surface area contributed by atoms with Crippen molar-refractivity contribution in [1.82, 2.24) is 5.32 Å². The fourth-order valence-electron chi connectivity index (χ4n) is 13.6. The van der Waals surface area contributed by atoms with Crippen LogP contribution in [-0.2, 0) is 19.1 Å². The second-order valence-corrected chi connectivity index (χ2v) is 20.6. The van der Waals surface area contributed by atoms with E-state index in [1.54, 1.807) is 0 Å². The average molecular weight is 683 g/mol. The van der Waals surface area contributed by atoms with Crippen molar-refractivity contribution in [1.29, 1.82) is 0 Å². The number of nitrogens with two attached hydrogens (primary N) is 1. The molecule has 7 heteroatoms. The third kappa shape index (κ3) is 6.43. The van der Waals surface area contributed by atoms with Crippen molar-refractivity contribution < 1.29 is 24.2 Å². The van der Waals surface area contributed by atoms with Gasteiger partial charge in [0.05, 0.1) is 12.8 Å². The van der Waals surface area contributed by atoms with E-state index < -0.39 is 16.9 Å². The van der Waals surface area contributed by atoms with Crippen LogP contribution in [0.3, 0.4) is 0 Å². The van der Waals surface area contributed by atoms with Crippen LogP contribution in [0.25, 0.3) is 0 Å². The minimum absolute atomic E-state index is 0.0236. The minimum atomic E-state index is -0.885. The second kappa shape index (κ2) is 12.7. The summed E-state index contributed by atoms with van der Waals surface area (Å²) >= 11 is 0. The molecule has 0 saturated heterocycles. The molecular formula is C42H70N2O5. The van der Waals surface area contributed by atoms with Gasteiger partial charge in [0.2, 0.25) is 5.91 Å². The zero-order valence-corrected chi connectivity index (χ0v) is 32.7. The molecule has 0 spiro atoms. The zero-order valence-electron chi connectivity index (χ0n) is 32.7. The van der Waals surface area contributed by atoms with Gasteiger partial charge in [0.25, 0.3) is 0 Å². The molecule has 0 bridgehead atoms. The maximum absolute atomic E-state index is 13.7. The van der Waals surface area contributed by atoms with Gasteiger partial charge in [-0.25, -0.2) is 0 Å². The van der Waals surface area contributed by atoms with Crippen LogP contribution in [0.4, 0.5) is 0 Å². The molecule has 0 aromatic rings. The molecule has 0 unspecified atom stereocenters. The molecule has 5 fully saturated rings. The molecule has 0 radical (unpaired) electrons. The standard InChI is InChI=1S/C42H70N2O5/c1-26(2)27-14-19-42(22-32(45)44-37(5,6)25-43)21-20-40(10)28(35(27)42)12-13-30-39(9)17-16-31(38(7,8)29(39)15-18-41(30,40)11)49-34(48)24-36(3,4)23-33(46)47/h27-31,35H,1,12-25,43H2,2-11H3,(H,44,45)(H,46,47)/t27-,28+,29-,30+,31-,35+,39-,40+,41+,42+/m0/s1. The van der Waals surface area contributed by atoms with E-state index in [9.17, 15) is 19.5 Å². The fraction of sp³-hybridized carbons (Fsp3) is 0.881. The lowest BCUT2D eigenvalue weighted by atomic mass is 9.32. The summed E-state index contributed by atoms with van der Waals surface area (Å²) in [5, 5.41) is 12.6. The van der Waals surface area contributed by atoms with Gasteiger partial charge >= 0.3 is 11.9 Å². The SMILES string of the molecule is C=C(C)[C@@H]1CC[C@]2(CC(=O)NC(C)(C)CN)CC[C@]3(C)[C@H](CC[C@@H]4[C@@]5(C)CC[C@H](OC(=O)CC(C)(C)CC(=O)O)C(C)(C)[C@@H]5CC[C@]43C)[C@@H]12. The van der Waals surface area contributed by atoms with Gasteiger partial charge in [-0.2, -0.15) is 0 Å². The highest BCUT2D eigenvalue weighted by Crippen LogP contribution is 2.78. The van der Waals surface area contributed by atoms with E-state index in [1.165, 1.54) is 31.3 Å². The lowest BCUT2D eigenvalue weighted by Crippen LogP contribution is -2.67. The van der Waals surface area contributed by atoms with Crippen molar-refractivity contribution in [2.24, 2.45) is 67.8 Å². The molecule has 278 valence electrons. The first kappa shape index (κ1) is 38.3. The van der Waals surface area contributed by atoms with E-state index in [1.807, 2.05) is 27.7 Å². The number of aliphatic carboxylic acids is 1. The Morgan fingerprint density at radius 1 is 0.857 bits per heavy atom. The van der Waals surface area contributed by atoms with E-state index in [-0.39, 0.29) is 57.9 Å². The number of hydrogen-bond donors (Lipinski definition) is 3. The van der Waals surface area contributed by atoms with E-state index in [0.717, 1.165) is 38.5 Å². The molecule has 4 N–H and O–H groups in total. The predicted molar refractivity (Wildman–Crippen MR) is 195 cm³/mol. The van der Waals surface area contributed by atoms with Crippen molar-refractivity contribution in [3.63, 3.8) is 0 Å². The van der Waals surface area contributed by atoms with Crippen LogP contribution < -0.4 is 11.1 Å². The normalized spacial score (nSPS) is 41.4. The van der Waals surface area contributed by atoms with Crippen LogP contribution in [0.5, 0.6) is 0 Å². The Labute approximate surface area is 297 Å². The molecule has 7 nitrogen and oxygen atoms in total. The number of fused-ring (bicyclic) bond motifs is 7. The molecule has 0 aliphatic heterocycles. The lowest BCUT2D eigenvalue weighted by molar-refractivity contribution is -0.250. The first-order valence-corrected chi connectivity index (χ1v) is 19.5. The predicted octanol–water partition coefficient (Wildman–Crippen LogP) is 8.69. The number of esters is 1. The van der Waals surface area contributed by atoms with Gasteiger partial charge in [-0.1, -0.05) is 60.6 Å². The summed E-state index contributed by atoms with van der Waals surface area (Å²) in [5.74, 6) is 1.57. The highest BCUT2D eigenvalue weighted by molar-refractivity contribution is 5.77. The largest absolute Gasteiger partial charge is 0.481 e. The van der Waals surface area contributed by atoms with Crippen molar-refractivity contribution >= 4 is 17.8 Å². The molecule has 49 heavy (non-hydrogen) atoms. The monoisotopic (exact) mass is 683 g/mol. The van der Waals surface area contributed by atoms with E-state index >= 15 is 0 Å². The summed E-state index contributed by atoms with van der Waals surface area (Å²) in [6.07, 6.45) is 11.7. The van der Waals surface area contributed by atoms with Crippen LogP contribution in [0.1, 0.15) is 153 Å².